The normalized spacial score (nSPS) is 21.1. The van der Waals surface area contributed by atoms with Crippen molar-refractivity contribution in [2.45, 2.75) is 38.3 Å². The molecule has 0 aliphatic carbocycles. The molecule has 0 bridgehead atoms. The molecule has 1 N–H and O–H groups in total. The lowest BCUT2D eigenvalue weighted by atomic mass is 10.2. The summed E-state index contributed by atoms with van der Waals surface area (Å²) in [4.78, 5) is 3.91. The summed E-state index contributed by atoms with van der Waals surface area (Å²) in [5.41, 5.74) is 0. The monoisotopic (exact) mass is 282 g/mol. The molecule has 2 atom stereocenters. The lowest BCUT2D eigenvalue weighted by Gasteiger charge is -2.24. The van der Waals surface area contributed by atoms with E-state index in [-0.39, 0.29) is 0 Å². The zero-order valence-corrected chi connectivity index (χ0v) is 12.9. The first-order valence-electron chi connectivity index (χ1n) is 7.30. The molecule has 2 heterocycles. The van der Waals surface area contributed by atoms with Gasteiger partial charge in [0, 0.05) is 37.2 Å². The number of nitrogens with one attached hydrogen (secondary N) is 1. The van der Waals surface area contributed by atoms with Gasteiger partial charge in [0.05, 0.1) is 6.10 Å². The van der Waals surface area contributed by atoms with E-state index in [0.717, 1.165) is 32.7 Å². The van der Waals surface area contributed by atoms with E-state index in [1.54, 1.807) is 0 Å². The highest BCUT2D eigenvalue weighted by Gasteiger charge is 2.15. The predicted octanol–water partition coefficient (Wildman–Crippen LogP) is 2.38. The molecule has 0 saturated carbocycles. The Morgan fingerprint density at radius 1 is 1.58 bits per heavy atom. The molecule has 2 rings (SSSR count). The summed E-state index contributed by atoms with van der Waals surface area (Å²) in [6.45, 7) is 6.40. The van der Waals surface area contributed by atoms with Crippen LogP contribution in [0.25, 0.3) is 0 Å². The van der Waals surface area contributed by atoms with Crippen LogP contribution in [0.1, 0.15) is 24.6 Å². The van der Waals surface area contributed by atoms with Gasteiger partial charge in [-0.1, -0.05) is 6.07 Å². The van der Waals surface area contributed by atoms with E-state index in [9.17, 15) is 0 Å². The van der Waals surface area contributed by atoms with Gasteiger partial charge < -0.3 is 15.0 Å². The second-order valence-electron chi connectivity index (χ2n) is 5.45. The summed E-state index contributed by atoms with van der Waals surface area (Å²) < 4.78 is 5.60. The Labute approximate surface area is 121 Å². The Hall–Kier alpha value is -0.420. The highest BCUT2D eigenvalue weighted by molar-refractivity contribution is 7.09. The number of thiophene rings is 1. The molecule has 19 heavy (non-hydrogen) atoms. The Morgan fingerprint density at radius 2 is 2.47 bits per heavy atom. The molecule has 0 amide bonds. The Morgan fingerprint density at radius 3 is 3.16 bits per heavy atom. The average Bonchev–Trinajstić information content (AvgIpc) is 3.07. The van der Waals surface area contributed by atoms with Crippen molar-refractivity contribution in [3.63, 3.8) is 0 Å². The fraction of sp³-hybridized carbons (Fsp3) is 0.733. The Balaban J connectivity index is 1.56. The van der Waals surface area contributed by atoms with Crippen LogP contribution in [0.2, 0.25) is 0 Å². The zero-order valence-electron chi connectivity index (χ0n) is 12.1. The standard InChI is InChI=1S/C15H26N2OS/c1-13(11-15-6-4-10-19-15)17(2)8-7-16-12-14-5-3-9-18-14/h4,6,10,13-14,16H,3,5,7-9,11-12H2,1-2H3. The number of nitrogens with zero attached hydrogens (tertiary/aromatic N) is 1. The van der Waals surface area contributed by atoms with Gasteiger partial charge in [-0.25, -0.2) is 0 Å². The van der Waals surface area contributed by atoms with Gasteiger partial charge >= 0.3 is 0 Å². The van der Waals surface area contributed by atoms with Crippen LogP contribution in [-0.2, 0) is 11.2 Å². The third-order valence-corrected chi connectivity index (χ3v) is 4.77. The SMILES string of the molecule is CC(Cc1cccs1)N(C)CCNCC1CCCO1. The van der Waals surface area contributed by atoms with Gasteiger partial charge in [0.1, 0.15) is 0 Å². The van der Waals surface area contributed by atoms with Crippen molar-refractivity contribution in [3.8, 4) is 0 Å². The molecule has 1 saturated heterocycles. The van der Waals surface area contributed by atoms with E-state index in [1.165, 1.54) is 17.7 Å². The first kappa shape index (κ1) is 15.0. The molecule has 0 aromatic carbocycles. The minimum atomic E-state index is 0.453. The van der Waals surface area contributed by atoms with Crippen LogP contribution < -0.4 is 5.32 Å². The summed E-state index contributed by atoms with van der Waals surface area (Å²) in [6, 6.07) is 4.96. The Bertz CT molecular complexity index is 336. The molecule has 1 aliphatic rings. The van der Waals surface area contributed by atoms with Crippen LogP contribution in [0.5, 0.6) is 0 Å². The molecule has 2 unspecified atom stereocenters. The third-order valence-electron chi connectivity index (χ3n) is 3.87. The predicted molar refractivity (Wildman–Crippen MR) is 82.0 cm³/mol. The van der Waals surface area contributed by atoms with Crippen molar-refractivity contribution in [3.05, 3.63) is 22.4 Å². The van der Waals surface area contributed by atoms with Crippen LogP contribution >= 0.6 is 11.3 Å². The van der Waals surface area contributed by atoms with Gasteiger partial charge in [-0.2, -0.15) is 0 Å². The van der Waals surface area contributed by atoms with Gasteiger partial charge in [-0.05, 0) is 44.7 Å². The minimum absolute atomic E-state index is 0.453. The lowest BCUT2D eigenvalue weighted by molar-refractivity contribution is 0.109. The molecular formula is C15H26N2OS. The average molecular weight is 282 g/mol. The molecule has 1 aromatic rings. The van der Waals surface area contributed by atoms with Crippen molar-refractivity contribution in [2.24, 2.45) is 0 Å². The number of rotatable bonds is 8. The second kappa shape index (κ2) is 8.00. The van der Waals surface area contributed by atoms with Gasteiger partial charge in [0.25, 0.3) is 0 Å². The molecular weight excluding hydrogens is 256 g/mol. The maximum Gasteiger partial charge on any atom is 0.0700 e. The molecule has 0 radical (unpaired) electrons. The summed E-state index contributed by atoms with van der Waals surface area (Å²) in [5.74, 6) is 0. The van der Waals surface area contributed by atoms with Crippen molar-refractivity contribution in [1.82, 2.24) is 10.2 Å². The topological polar surface area (TPSA) is 24.5 Å². The van der Waals surface area contributed by atoms with E-state index >= 15 is 0 Å². The van der Waals surface area contributed by atoms with Crippen LogP contribution in [0.3, 0.4) is 0 Å². The summed E-state index contributed by atoms with van der Waals surface area (Å²) in [6.07, 6.45) is 4.05. The van der Waals surface area contributed by atoms with Crippen LogP contribution in [0, 0.1) is 0 Å². The number of hydrogen-bond acceptors (Lipinski definition) is 4. The summed E-state index contributed by atoms with van der Waals surface area (Å²) >= 11 is 1.85. The van der Waals surface area contributed by atoms with Crippen LogP contribution in [-0.4, -0.2) is 50.3 Å². The lowest BCUT2D eigenvalue weighted by Crippen LogP contribution is -2.38. The number of likely N-dealkylation sites (N-methyl/N-ethyl adjacent to an activating group) is 1. The molecule has 1 aromatic heterocycles. The maximum absolute atomic E-state index is 5.60. The van der Waals surface area contributed by atoms with Crippen LogP contribution in [0.15, 0.2) is 17.5 Å². The van der Waals surface area contributed by atoms with E-state index in [0.29, 0.717) is 12.1 Å². The van der Waals surface area contributed by atoms with Crippen LogP contribution in [0.4, 0.5) is 0 Å². The molecule has 4 heteroatoms. The van der Waals surface area contributed by atoms with Gasteiger partial charge in [0.15, 0.2) is 0 Å². The van der Waals surface area contributed by atoms with Gasteiger partial charge in [-0.15, -0.1) is 11.3 Å². The number of hydrogen-bond donors (Lipinski definition) is 1. The zero-order chi connectivity index (χ0) is 13.5. The fourth-order valence-electron chi connectivity index (χ4n) is 2.42. The largest absolute Gasteiger partial charge is 0.377 e. The second-order valence-corrected chi connectivity index (χ2v) is 6.48. The molecule has 1 fully saturated rings. The van der Waals surface area contributed by atoms with Crippen molar-refractivity contribution in [1.29, 1.82) is 0 Å². The van der Waals surface area contributed by atoms with Gasteiger partial charge in [0.2, 0.25) is 0 Å². The van der Waals surface area contributed by atoms with E-state index in [2.05, 4.69) is 41.7 Å². The molecule has 3 nitrogen and oxygen atoms in total. The highest BCUT2D eigenvalue weighted by Crippen LogP contribution is 2.13. The Kier molecular flexibility index (Phi) is 6.31. The number of ether oxygens (including phenoxy) is 1. The fourth-order valence-corrected chi connectivity index (χ4v) is 3.25. The summed E-state index contributed by atoms with van der Waals surface area (Å²) in [5, 5.41) is 5.67. The molecule has 1 aliphatic heterocycles. The molecule has 108 valence electrons. The van der Waals surface area contributed by atoms with E-state index in [1.807, 2.05) is 11.3 Å². The quantitative estimate of drug-likeness (QED) is 0.741. The smallest absolute Gasteiger partial charge is 0.0700 e. The molecule has 0 spiro atoms. The summed E-state index contributed by atoms with van der Waals surface area (Å²) in [7, 11) is 2.21. The van der Waals surface area contributed by atoms with E-state index < -0.39 is 0 Å². The maximum atomic E-state index is 5.60. The van der Waals surface area contributed by atoms with Crippen molar-refractivity contribution in [2.75, 3.05) is 33.3 Å². The third kappa shape index (κ3) is 5.22. The van der Waals surface area contributed by atoms with Crippen molar-refractivity contribution < 1.29 is 4.74 Å². The highest BCUT2D eigenvalue weighted by atomic mass is 32.1. The van der Waals surface area contributed by atoms with Crippen molar-refractivity contribution >= 4 is 11.3 Å². The van der Waals surface area contributed by atoms with Gasteiger partial charge in [-0.3, -0.25) is 0 Å². The minimum Gasteiger partial charge on any atom is -0.377 e. The first-order chi connectivity index (χ1) is 9.25. The first-order valence-corrected chi connectivity index (χ1v) is 8.18. The van der Waals surface area contributed by atoms with E-state index in [4.69, 9.17) is 4.74 Å².